The van der Waals surface area contributed by atoms with Gasteiger partial charge in [0.15, 0.2) is 11.5 Å². The summed E-state index contributed by atoms with van der Waals surface area (Å²) in [5, 5.41) is 5.07. The third-order valence-electron chi connectivity index (χ3n) is 3.81. The molecule has 0 fully saturated rings. The summed E-state index contributed by atoms with van der Waals surface area (Å²) >= 11 is 18.4. The van der Waals surface area contributed by atoms with Crippen molar-refractivity contribution in [3.05, 3.63) is 56.5 Å². The number of ether oxygens (including phenoxy) is 2. The molecule has 142 valence electrons. The molecule has 2 aromatic rings. The van der Waals surface area contributed by atoms with Crippen molar-refractivity contribution in [2.45, 2.75) is 39.8 Å². The highest BCUT2D eigenvalue weighted by Crippen LogP contribution is 2.34. The standard InChI is InChI=1S/C20H24Cl3NO2/c1-3-5-8-24-12-15-10-19(25-4-2)20(11-17(15)22)26-13-14-6-7-16(21)18(23)9-14/h6-7,9-11,24H,3-5,8,12-13H2,1-2H3. The Bertz CT molecular complexity index is 722. The fourth-order valence-corrected chi connectivity index (χ4v) is 2.95. The third-order valence-corrected chi connectivity index (χ3v) is 4.90. The first-order valence-corrected chi connectivity index (χ1v) is 9.91. The molecule has 0 saturated carbocycles. The normalized spacial score (nSPS) is 10.8. The Labute approximate surface area is 170 Å². The molecular weight excluding hydrogens is 393 g/mol. The molecule has 0 heterocycles. The molecule has 2 rings (SSSR count). The van der Waals surface area contributed by atoms with Crippen LogP contribution in [0.2, 0.25) is 15.1 Å². The van der Waals surface area contributed by atoms with Crippen LogP contribution in [0, 0.1) is 0 Å². The number of halogens is 3. The molecule has 2 aromatic carbocycles. The summed E-state index contributed by atoms with van der Waals surface area (Å²) in [6.45, 7) is 6.67. The first-order chi connectivity index (χ1) is 12.5. The number of nitrogens with one attached hydrogen (secondary N) is 1. The lowest BCUT2D eigenvalue weighted by Crippen LogP contribution is -2.15. The molecule has 0 spiro atoms. The highest BCUT2D eigenvalue weighted by atomic mass is 35.5. The van der Waals surface area contributed by atoms with Crippen molar-refractivity contribution in [2.75, 3.05) is 13.2 Å². The van der Waals surface area contributed by atoms with Gasteiger partial charge in [0.05, 0.1) is 16.7 Å². The molecule has 26 heavy (non-hydrogen) atoms. The van der Waals surface area contributed by atoms with Crippen molar-refractivity contribution in [1.82, 2.24) is 5.32 Å². The van der Waals surface area contributed by atoms with Gasteiger partial charge < -0.3 is 14.8 Å². The van der Waals surface area contributed by atoms with Crippen molar-refractivity contribution in [3.8, 4) is 11.5 Å². The third kappa shape index (κ3) is 6.24. The highest BCUT2D eigenvalue weighted by Gasteiger charge is 2.12. The van der Waals surface area contributed by atoms with Crippen molar-refractivity contribution in [1.29, 1.82) is 0 Å². The average molecular weight is 417 g/mol. The number of hydrogen-bond donors (Lipinski definition) is 1. The van der Waals surface area contributed by atoms with E-state index in [0.29, 0.717) is 46.3 Å². The molecule has 0 amide bonds. The van der Waals surface area contributed by atoms with Gasteiger partial charge in [-0.1, -0.05) is 54.2 Å². The number of unbranched alkanes of at least 4 members (excludes halogenated alkanes) is 1. The molecule has 6 heteroatoms. The first-order valence-electron chi connectivity index (χ1n) is 8.77. The second-order valence-corrected chi connectivity index (χ2v) is 7.11. The van der Waals surface area contributed by atoms with E-state index in [0.717, 1.165) is 30.5 Å². The Morgan fingerprint density at radius 3 is 2.35 bits per heavy atom. The second-order valence-electron chi connectivity index (χ2n) is 5.89. The molecule has 0 aliphatic heterocycles. The van der Waals surface area contributed by atoms with E-state index in [-0.39, 0.29) is 0 Å². The number of rotatable bonds is 10. The summed E-state index contributed by atoms with van der Waals surface area (Å²) in [5.74, 6) is 1.30. The maximum absolute atomic E-state index is 6.43. The SMILES string of the molecule is CCCCNCc1cc(OCC)c(OCc2ccc(Cl)c(Cl)c2)cc1Cl. The van der Waals surface area contributed by atoms with Gasteiger partial charge in [0.2, 0.25) is 0 Å². The summed E-state index contributed by atoms with van der Waals surface area (Å²) < 4.78 is 11.7. The molecule has 0 unspecified atom stereocenters. The molecule has 0 aliphatic rings. The lowest BCUT2D eigenvalue weighted by atomic mass is 10.2. The molecule has 0 bridgehead atoms. The molecule has 0 aromatic heterocycles. The van der Waals surface area contributed by atoms with Crippen molar-refractivity contribution in [2.24, 2.45) is 0 Å². The molecule has 0 atom stereocenters. The van der Waals surface area contributed by atoms with Crippen LogP contribution in [0.5, 0.6) is 11.5 Å². The number of benzene rings is 2. The van der Waals surface area contributed by atoms with Crippen LogP contribution in [-0.2, 0) is 13.2 Å². The van der Waals surface area contributed by atoms with Crippen LogP contribution in [0.3, 0.4) is 0 Å². The smallest absolute Gasteiger partial charge is 0.163 e. The highest BCUT2D eigenvalue weighted by molar-refractivity contribution is 6.42. The van der Waals surface area contributed by atoms with Crippen molar-refractivity contribution in [3.63, 3.8) is 0 Å². The Balaban J connectivity index is 2.10. The Kier molecular flexibility index (Phi) is 8.86. The lowest BCUT2D eigenvalue weighted by molar-refractivity contribution is 0.269. The summed E-state index contributed by atoms with van der Waals surface area (Å²) in [4.78, 5) is 0. The van der Waals surface area contributed by atoms with Crippen LogP contribution in [0.4, 0.5) is 0 Å². The van der Waals surface area contributed by atoms with Gasteiger partial charge in [0, 0.05) is 17.6 Å². The van der Waals surface area contributed by atoms with Gasteiger partial charge in [0.25, 0.3) is 0 Å². The van der Waals surface area contributed by atoms with Gasteiger partial charge in [-0.25, -0.2) is 0 Å². The van der Waals surface area contributed by atoms with Crippen LogP contribution < -0.4 is 14.8 Å². The molecular formula is C20H24Cl3NO2. The van der Waals surface area contributed by atoms with Crippen LogP contribution in [-0.4, -0.2) is 13.2 Å². The average Bonchev–Trinajstić information content (AvgIpc) is 2.62. The van der Waals surface area contributed by atoms with E-state index in [2.05, 4.69) is 12.2 Å². The van der Waals surface area contributed by atoms with E-state index in [1.54, 1.807) is 18.2 Å². The van der Waals surface area contributed by atoms with Crippen LogP contribution in [0.25, 0.3) is 0 Å². The van der Waals surface area contributed by atoms with Crippen LogP contribution in [0.1, 0.15) is 37.8 Å². The topological polar surface area (TPSA) is 30.5 Å². The quantitative estimate of drug-likeness (QED) is 0.447. The second kappa shape index (κ2) is 10.9. The molecule has 0 saturated heterocycles. The van der Waals surface area contributed by atoms with E-state index in [4.69, 9.17) is 44.3 Å². The van der Waals surface area contributed by atoms with Crippen LogP contribution >= 0.6 is 34.8 Å². The zero-order valence-corrected chi connectivity index (χ0v) is 17.3. The van der Waals surface area contributed by atoms with Gasteiger partial charge in [-0.05, 0) is 49.2 Å². The van der Waals surface area contributed by atoms with E-state index in [1.807, 2.05) is 19.1 Å². The zero-order chi connectivity index (χ0) is 18.9. The first kappa shape index (κ1) is 21.2. The molecule has 3 nitrogen and oxygen atoms in total. The number of hydrogen-bond acceptors (Lipinski definition) is 3. The largest absolute Gasteiger partial charge is 0.490 e. The Hall–Kier alpha value is -1.13. The van der Waals surface area contributed by atoms with Crippen LogP contribution in [0.15, 0.2) is 30.3 Å². The monoisotopic (exact) mass is 415 g/mol. The maximum atomic E-state index is 6.43. The minimum absolute atomic E-state index is 0.349. The Morgan fingerprint density at radius 2 is 1.65 bits per heavy atom. The fraction of sp³-hybridized carbons (Fsp3) is 0.400. The van der Waals surface area contributed by atoms with E-state index >= 15 is 0 Å². The van der Waals surface area contributed by atoms with Gasteiger partial charge >= 0.3 is 0 Å². The van der Waals surface area contributed by atoms with E-state index in [9.17, 15) is 0 Å². The Morgan fingerprint density at radius 1 is 0.885 bits per heavy atom. The van der Waals surface area contributed by atoms with Gasteiger partial charge in [-0.15, -0.1) is 0 Å². The molecule has 1 N–H and O–H groups in total. The zero-order valence-electron chi connectivity index (χ0n) is 15.1. The maximum Gasteiger partial charge on any atom is 0.163 e. The lowest BCUT2D eigenvalue weighted by Gasteiger charge is -2.15. The van der Waals surface area contributed by atoms with Crippen molar-refractivity contribution >= 4 is 34.8 Å². The van der Waals surface area contributed by atoms with Crippen molar-refractivity contribution < 1.29 is 9.47 Å². The molecule has 0 radical (unpaired) electrons. The minimum Gasteiger partial charge on any atom is -0.490 e. The summed E-state index contributed by atoms with van der Waals surface area (Å²) in [6, 6.07) is 9.17. The van der Waals surface area contributed by atoms with Gasteiger partial charge in [0.1, 0.15) is 6.61 Å². The summed E-state index contributed by atoms with van der Waals surface area (Å²) in [6.07, 6.45) is 2.30. The predicted molar refractivity (Wildman–Crippen MR) is 110 cm³/mol. The summed E-state index contributed by atoms with van der Waals surface area (Å²) in [7, 11) is 0. The van der Waals surface area contributed by atoms with Gasteiger partial charge in [-0.2, -0.15) is 0 Å². The summed E-state index contributed by atoms with van der Waals surface area (Å²) in [5.41, 5.74) is 1.91. The predicted octanol–water partition coefficient (Wildman–Crippen LogP) is 6.51. The molecule has 0 aliphatic carbocycles. The fourth-order valence-electron chi connectivity index (χ4n) is 2.41. The van der Waals surface area contributed by atoms with Gasteiger partial charge in [-0.3, -0.25) is 0 Å². The minimum atomic E-state index is 0.349. The van der Waals surface area contributed by atoms with E-state index < -0.39 is 0 Å². The van der Waals surface area contributed by atoms with E-state index in [1.165, 1.54) is 0 Å².